The Morgan fingerprint density at radius 2 is 1.70 bits per heavy atom. The van der Waals surface area contributed by atoms with E-state index in [2.05, 4.69) is 0 Å². The number of nitrogens with zero attached hydrogens (tertiary/aromatic N) is 2. The number of fused-ring (bicyclic) bond motifs is 1. The number of hydrogen-bond donors (Lipinski definition) is 0. The molecule has 0 atom stereocenters. The van der Waals surface area contributed by atoms with Crippen LogP contribution >= 0.6 is 0 Å². The van der Waals surface area contributed by atoms with Crippen molar-refractivity contribution in [2.45, 2.75) is 26.6 Å². The molecule has 0 unspecified atom stereocenters. The molecule has 4 rings (SSSR count). The van der Waals surface area contributed by atoms with E-state index in [0.717, 1.165) is 16.9 Å². The predicted molar refractivity (Wildman–Crippen MR) is 135 cm³/mol. The van der Waals surface area contributed by atoms with Crippen molar-refractivity contribution in [3.8, 4) is 11.5 Å². The van der Waals surface area contributed by atoms with E-state index in [1.165, 1.54) is 4.90 Å². The predicted octanol–water partition coefficient (Wildman–Crippen LogP) is 3.54. The highest BCUT2D eigenvalue weighted by molar-refractivity contribution is 5.85. The van der Waals surface area contributed by atoms with E-state index in [4.69, 9.17) is 23.4 Å². The van der Waals surface area contributed by atoms with E-state index in [1.807, 2.05) is 67.6 Å². The van der Waals surface area contributed by atoms with Crippen LogP contribution in [0, 0.1) is 6.92 Å². The smallest absolute Gasteiger partial charge is 0.249 e. The number of aryl methyl sites for hydroxylation is 1. The topological polar surface area (TPSA) is 90.7 Å². The van der Waals surface area contributed by atoms with E-state index in [1.54, 1.807) is 12.0 Å². The number of carbonyl (C=O) groups is 2. The zero-order valence-electron chi connectivity index (χ0n) is 21.2. The van der Waals surface area contributed by atoms with Gasteiger partial charge in [-0.05, 0) is 42.3 Å². The van der Waals surface area contributed by atoms with Crippen LogP contribution in [-0.2, 0) is 38.8 Å². The second-order valence-corrected chi connectivity index (χ2v) is 8.74. The van der Waals surface area contributed by atoms with Gasteiger partial charge in [0.25, 0.3) is 0 Å². The molecule has 0 spiro atoms. The van der Waals surface area contributed by atoms with Gasteiger partial charge in [0.15, 0.2) is 11.5 Å². The van der Waals surface area contributed by atoms with Gasteiger partial charge in [0.2, 0.25) is 18.6 Å². The minimum Gasteiger partial charge on any atom is -0.464 e. The van der Waals surface area contributed by atoms with Crippen molar-refractivity contribution < 1.29 is 33.0 Å². The van der Waals surface area contributed by atoms with Crippen LogP contribution in [0.5, 0.6) is 11.5 Å². The summed E-state index contributed by atoms with van der Waals surface area (Å²) in [5.74, 6) is 2.24. The van der Waals surface area contributed by atoms with Crippen LogP contribution in [0.15, 0.2) is 65.1 Å². The molecule has 2 heterocycles. The number of methoxy groups -OCH3 is 1. The minimum absolute atomic E-state index is 0.110. The molecule has 9 heteroatoms. The molecule has 1 aliphatic rings. The number of carbonyl (C=O) groups excluding carboxylic acids is 2. The Morgan fingerprint density at radius 3 is 2.46 bits per heavy atom. The fourth-order valence-electron chi connectivity index (χ4n) is 3.93. The molecular weight excluding hydrogens is 476 g/mol. The summed E-state index contributed by atoms with van der Waals surface area (Å²) in [6.07, 6.45) is 0. The third kappa shape index (κ3) is 7.58. The molecule has 2 aromatic carbocycles. The molecular formula is C28H32N2O7. The lowest BCUT2D eigenvalue weighted by atomic mass is 10.2. The number of rotatable bonds is 13. The molecule has 2 amide bonds. The van der Waals surface area contributed by atoms with Crippen molar-refractivity contribution in [3.63, 3.8) is 0 Å². The Balaban J connectivity index is 1.43. The summed E-state index contributed by atoms with van der Waals surface area (Å²) < 4.78 is 27.4. The zero-order valence-corrected chi connectivity index (χ0v) is 21.2. The average Bonchev–Trinajstić information content (AvgIpc) is 3.54. The first-order valence-corrected chi connectivity index (χ1v) is 12.1. The fraction of sp³-hybridized carbons (Fsp3) is 0.357. The molecule has 0 radical (unpaired) electrons. The Bertz CT molecular complexity index is 1180. The van der Waals surface area contributed by atoms with Crippen molar-refractivity contribution in [2.75, 3.05) is 40.2 Å². The number of hydrogen-bond acceptors (Lipinski definition) is 7. The van der Waals surface area contributed by atoms with Crippen LogP contribution in [0.3, 0.4) is 0 Å². The van der Waals surface area contributed by atoms with E-state index in [9.17, 15) is 9.59 Å². The Kier molecular flexibility index (Phi) is 9.18. The summed E-state index contributed by atoms with van der Waals surface area (Å²) in [4.78, 5) is 29.6. The van der Waals surface area contributed by atoms with Gasteiger partial charge >= 0.3 is 0 Å². The van der Waals surface area contributed by atoms with Crippen LogP contribution < -0.4 is 9.47 Å². The molecule has 0 aliphatic carbocycles. The first-order chi connectivity index (χ1) is 18.0. The quantitative estimate of drug-likeness (QED) is 0.349. The lowest BCUT2D eigenvalue weighted by molar-refractivity contribution is -0.144. The van der Waals surface area contributed by atoms with Crippen molar-refractivity contribution in [1.29, 1.82) is 0 Å². The van der Waals surface area contributed by atoms with E-state index < -0.39 is 0 Å². The highest BCUT2D eigenvalue weighted by Gasteiger charge is 2.23. The van der Waals surface area contributed by atoms with E-state index >= 15 is 0 Å². The van der Waals surface area contributed by atoms with Crippen LogP contribution in [0.2, 0.25) is 0 Å². The summed E-state index contributed by atoms with van der Waals surface area (Å²) in [6, 6.07) is 18.9. The normalized spacial score (nSPS) is 11.9. The molecule has 0 fully saturated rings. The SMILES string of the molecule is COCCN(CC(=O)N(Cc1ccc2c(c1)OCO2)Cc1ccc(C)o1)C(=O)COCc1ccccc1. The molecule has 196 valence electrons. The zero-order chi connectivity index (χ0) is 26.0. The van der Waals surface area contributed by atoms with Crippen LogP contribution in [0.25, 0.3) is 0 Å². The maximum Gasteiger partial charge on any atom is 0.249 e. The van der Waals surface area contributed by atoms with Crippen molar-refractivity contribution in [1.82, 2.24) is 9.80 Å². The summed E-state index contributed by atoms with van der Waals surface area (Å²) in [7, 11) is 1.56. The number of benzene rings is 2. The largest absolute Gasteiger partial charge is 0.464 e. The van der Waals surface area contributed by atoms with Gasteiger partial charge in [0, 0.05) is 20.2 Å². The summed E-state index contributed by atoms with van der Waals surface area (Å²) >= 11 is 0. The molecule has 3 aromatic rings. The van der Waals surface area contributed by atoms with Crippen molar-refractivity contribution in [2.24, 2.45) is 0 Å². The van der Waals surface area contributed by atoms with Gasteiger partial charge in [-0.3, -0.25) is 9.59 Å². The van der Waals surface area contributed by atoms with Gasteiger partial charge in [-0.15, -0.1) is 0 Å². The van der Waals surface area contributed by atoms with Gasteiger partial charge < -0.3 is 33.2 Å². The van der Waals surface area contributed by atoms with Gasteiger partial charge in [0.05, 0.1) is 26.3 Å². The molecule has 0 saturated heterocycles. The molecule has 0 saturated carbocycles. The standard InChI is InChI=1S/C28H32N2O7/c1-21-8-10-24(37-21)16-30(15-23-9-11-25-26(14-23)36-20-35-25)27(31)17-29(12-13-33-2)28(32)19-34-18-22-6-4-3-5-7-22/h3-11,14H,12-13,15-20H2,1-2H3. The van der Waals surface area contributed by atoms with E-state index in [0.29, 0.717) is 37.0 Å². The Labute approximate surface area is 216 Å². The average molecular weight is 509 g/mol. The van der Waals surface area contributed by atoms with E-state index in [-0.39, 0.29) is 44.8 Å². The lowest BCUT2D eigenvalue weighted by Gasteiger charge is -2.27. The molecule has 0 bridgehead atoms. The van der Waals surface area contributed by atoms with Gasteiger partial charge in [0.1, 0.15) is 18.1 Å². The lowest BCUT2D eigenvalue weighted by Crippen LogP contribution is -2.45. The Hall–Kier alpha value is -3.82. The van der Waals surface area contributed by atoms with Crippen LogP contribution in [0.1, 0.15) is 22.6 Å². The first-order valence-electron chi connectivity index (χ1n) is 12.1. The highest BCUT2D eigenvalue weighted by Crippen LogP contribution is 2.33. The number of amides is 2. The van der Waals surface area contributed by atoms with Crippen molar-refractivity contribution in [3.05, 3.63) is 83.3 Å². The summed E-state index contributed by atoms with van der Waals surface area (Å²) in [5, 5.41) is 0. The second-order valence-electron chi connectivity index (χ2n) is 8.74. The minimum atomic E-state index is -0.279. The maximum atomic E-state index is 13.5. The third-order valence-corrected chi connectivity index (χ3v) is 5.89. The summed E-state index contributed by atoms with van der Waals surface area (Å²) in [6.45, 7) is 3.25. The molecule has 1 aromatic heterocycles. The van der Waals surface area contributed by atoms with Crippen molar-refractivity contribution >= 4 is 11.8 Å². The molecule has 0 N–H and O–H groups in total. The Morgan fingerprint density at radius 1 is 0.892 bits per heavy atom. The number of ether oxygens (including phenoxy) is 4. The summed E-state index contributed by atoms with van der Waals surface area (Å²) in [5.41, 5.74) is 1.85. The molecule has 1 aliphatic heterocycles. The first kappa shape index (κ1) is 26.2. The molecule has 9 nitrogen and oxygen atoms in total. The molecule has 37 heavy (non-hydrogen) atoms. The van der Waals surface area contributed by atoms with Gasteiger partial charge in [-0.25, -0.2) is 0 Å². The van der Waals surface area contributed by atoms with Gasteiger partial charge in [-0.2, -0.15) is 0 Å². The second kappa shape index (κ2) is 12.9. The van der Waals surface area contributed by atoms with Crippen LogP contribution in [-0.4, -0.2) is 61.8 Å². The van der Waals surface area contributed by atoms with Crippen LogP contribution in [0.4, 0.5) is 0 Å². The number of furan rings is 1. The van der Waals surface area contributed by atoms with Gasteiger partial charge in [-0.1, -0.05) is 36.4 Å². The fourth-order valence-corrected chi connectivity index (χ4v) is 3.93. The monoisotopic (exact) mass is 508 g/mol. The maximum absolute atomic E-state index is 13.5. The highest BCUT2D eigenvalue weighted by atomic mass is 16.7. The third-order valence-electron chi connectivity index (χ3n) is 5.89.